The fraction of sp³-hybridized carbons (Fsp3) is 0.650. The van der Waals surface area contributed by atoms with Crippen LogP contribution in [0.25, 0.3) is 0 Å². The van der Waals surface area contributed by atoms with Gasteiger partial charge in [-0.05, 0) is 342 Å². The molecule has 0 spiro atoms. The summed E-state index contributed by atoms with van der Waals surface area (Å²) in [6.07, 6.45) is 88.6. The Morgan fingerprint density at radius 1 is 0.294 bits per heavy atom. The van der Waals surface area contributed by atoms with Crippen LogP contribution in [-0.4, -0.2) is 101 Å². The van der Waals surface area contributed by atoms with Gasteiger partial charge in [-0.3, -0.25) is 38.4 Å². The van der Waals surface area contributed by atoms with E-state index in [0.717, 1.165) is 197 Å². The molecule has 136 heavy (non-hydrogen) atoms. The number of hydrogen-bond donors (Lipinski definition) is 0. The first-order valence-corrected chi connectivity index (χ1v) is 52.3. The Bertz CT molecular complexity index is 4000. The highest BCUT2D eigenvalue weighted by Gasteiger charge is 2.34. The molecule has 758 valence electrons. The summed E-state index contributed by atoms with van der Waals surface area (Å²) in [6.45, 7) is 46.4. The molecule has 0 aromatic heterocycles. The van der Waals surface area contributed by atoms with Gasteiger partial charge in [0.25, 0.3) is 0 Å². The first-order chi connectivity index (χ1) is 65.0. The lowest BCUT2D eigenvalue weighted by atomic mass is 9.85. The molecule has 13 unspecified atom stereocenters. The summed E-state index contributed by atoms with van der Waals surface area (Å²) < 4.78 is 43.0. The molecule has 0 aliphatic heterocycles. The minimum absolute atomic E-state index is 0.0129. The van der Waals surface area contributed by atoms with Crippen molar-refractivity contribution in [3.63, 3.8) is 0 Å². The second-order valence-electron chi connectivity index (χ2n) is 43.2. The highest BCUT2D eigenvalue weighted by molar-refractivity contribution is 5.76. The topological polar surface area (TPSA) is 210 Å². The Morgan fingerprint density at radius 2 is 0.581 bits per heavy atom. The van der Waals surface area contributed by atoms with Crippen molar-refractivity contribution in [2.75, 3.05) is 53.4 Å². The molecule has 0 aromatic carbocycles. The van der Waals surface area contributed by atoms with Gasteiger partial charge in [-0.25, -0.2) is 0 Å². The maximum absolute atomic E-state index is 12.2. The number of methoxy groups -OCH3 is 1. The Labute approximate surface area is 824 Å². The lowest BCUT2D eigenvalue weighted by Gasteiger charge is -2.27. The number of esters is 8. The number of allylic oxidation sites excluding steroid dienone is 30. The van der Waals surface area contributed by atoms with Crippen LogP contribution in [0.4, 0.5) is 0 Å². The van der Waals surface area contributed by atoms with Crippen LogP contribution in [0.2, 0.25) is 0 Å². The van der Waals surface area contributed by atoms with Gasteiger partial charge in [0, 0.05) is 16.2 Å². The molecular formula is C120H182O16. The monoisotopic (exact) mass is 1880 g/mol. The van der Waals surface area contributed by atoms with Crippen molar-refractivity contribution in [2.45, 2.75) is 354 Å². The summed E-state index contributed by atoms with van der Waals surface area (Å²) in [4.78, 5) is 95.7. The van der Waals surface area contributed by atoms with Crippen LogP contribution in [0.5, 0.6) is 0 Å². The average Bonchev–Trinajstić information content (AvgIpc) is 0.893. The molecule has 0 fully saturated rings. The first kappa shape index (κ1) is 118. The van der Waals surface area contributed by atoms with E-state index in [-0.39, 0.29) is 151 Å². The van der Waals surface area contributed by atoms with Crippen LogP contribution in [0.1, 0.15) is 354 Å². The third-order valence-corrected chi connectivity index (χ3v) is 28.0. The molecule has 0 aromatic rings. The summed E-state index contributed by atoms with van der Waals surface area (Å²) in [5, 5.41) is 0. The fourth-order valence-electron chi connectivity index (χ4n) is 18.3. The molecule has 0 N–H and O–H groups in total. The molecule has 13 rings (SSSR count). The van der Waals surface area contributed by atoms with Crippen molar-refractivity contribution < 1.29 is 76.3 Å². The Hall–Kier alpha value is -8.66. The molecule has 0 saturated carbocycles. The van der Waals surface area contributed by atoms with Crippen LogP contribution in [-0.2, 0) is 76.3 Å². The lowest BCUT2D eigenvalue weighted by molar-refractivity contribution is -0.159. The van der Waals surface area contributed by atoms with E-state index in [1.165, 1.54) is 124 Å². The largest absolute Gasteiger partial charge is 0.469 e. The summed E-state index contributed by atoms with van der Waals surface area (Å²) in [5.74, 6) is 2.99. The van der Waals surface area contributed by atoms with Gasteiger partial charge in [0.2, 0.25) is 0 Å². The summed E-state index contributed by atoms with van der Waals surface area (Å²) in [5.41, 5.74) is 10.1. The molecule has 13 aliphatic rings. The zero-order chi connectivity index (χ0) is 99.7. The van der Waals surface area contributed by atoms with Crippen molar-refractivity contribution in [3.05, 3.63) is 205 Å². The third-order valence-electron chi connectivity index (χ3n) is 28.0. The van der Waals surface area contributed by atoms with Crippen molar-refractivity contribution >= 4 is 47.8 Å². The van der Waals surface area contributed by atoms with Crippen molar-refractivity contribution in [2.24, 2.45) is 93.2 Å². The maximum Gasteiger partial charge on any atom is 0.309 e. The molecule has 0 radical (unpaired) electrons. The molecule has 13 atom stereocenters. The Balaban J connectivity index is 0.000000279. The van der Waals surface area contributed by atoms with E-state index >= 15 is 0 Å². The number of ether oxygens (including phenoxy) is 8. The number of rotatable bonds is 27. The molecule has 0 heterocycles. The maximum atomic E-state index is 12.2. The Kier molecular flexibility index (Phi) is 57.2. The molecular weight excluding hydrogens is 1700 g/mol. The minimum Gasteiger partial charge on any atom is -0.469 e. The second kappa shape index (κ2) is 66.1. The van der Waals surface area contributed by atoms with Gasteiger partial charge in [0.15, 0.2) is 0 Å². The van der Waals surface area contributed by atoms with Crippen molar-refractivity contribution in [3.8, 4) is 0 Å². The normalized spacial score (nSPS) is 25.4. The van der Waals surface area contributed by atoms with Crippen LogP contribution in [0, 0.1) is 93.2 Å². The summed E-state index contributed by atoms with van der Waals surface area (Å²) in [7, 11) is 1.45. The second-order valence-corrected chi connectivity index (χ2v) is 43.2. The number of carbonyl (C=O) groups excluding carboxylic acids is 8. The van der Waals surface area contributed by atoms with Crippen LogP contribution >= 0.6 is 0 Å². The highest BCUT2D eigenvalue weighted by atomic mass is 16.6. The highest BCUT2D eigenvalue weighted by Crippen LogP contribution is 2.35. The van der Waals surface area contributed by atoms with E-state index in [4.69, 9.17) is 33.2 Å². The van der Waals surface area contributed by atoms with E-state index in [2.05, 4.69) is 196 Å². The van der Waals surface area contributed by atoms with Gasteiger partial charge in [-0.15, -0.1) is 19.7 Å². The van der Waals surface area contributed by atoms with Crippen molar-refractivity contribution in [1.29, 1.82) is 0 Å². The van der Waals surface area contributed by atoms with Crippen molar-refractivity contribution in [1.82, 2.24) is 0 Å². The molecule has 13 aliphatic carbocycles. The third kappa shape index (κ3) is 50.8. The van der Waals surface area contributed by atoms with Crippen LogP contribution in [0.15, 0.2) is 205 Å². The zero-order valence-corrected chi connectivity index (χ0v) is 87.3. The quantitative estimate of drug-likeness (QED) is 0.0425. The molecule has 0 amide bonds. The van der Waals surface area contributed by atoms with Gasteiger partial charge >= 0.3 is 47.8 Å². The van der Waals surface area contributed by atoms with E-state index in [1.54, 1.807) is 11.1 Å². The molecule has 0 saturated heterocycles. The SMILES string of the molecule is C=C(C)C1CCC=C(C)C1.C=CC1CC=C(C)CC1.C=CC1CCC=C(C)C1.C=CCC1CC=CCC1.CC(C)(COC(=O)C1CC=CCC1)COC(=O)C1CC=CCC1.CC1=CCC(C(=O)OCC(C)(C)COC(=O)C2CC=C(C)CC2)CC1.CC1=CCCC(C(=O)OCC(C)(C)COC(=O)C2CCC=C(C)C2)C1.COC(=O)C1CC=CCC1.O=C(OCC1CC=CCC1)C1CC=CCC1. The summed E-state index contributed by atoms with van der Waals surface area (Å²) in [6, 6.07) is 0. The van der Waals surface area contributed by atoms with E-state index in [0.29, 0.717) is 12.5 Å². The van der Waals surface area contributed by atoms with Gasteiger partial charge < -0.3 is 37.9 Å². The first-order valence-electron chi connectivity index (χ1n) is 52.3. The average molecular weight is 1880 g/mol. The van der Waals surface area contributed by atoms with Gasteiger partial charge in [-0.2, -0.15) is 0 Å². The van der Waals surface area contributed by atoms with E-state index < -0.39 is 0 Å². The van der Waals surface area contributed by atoms with Gasteiger partial charge in [-0.1, -0.05) is 226 Å². The number of hydrogen-bond acceptors (Lipinski definition) is 16. The predicted molar refractivity (Wildman–Crippen MR) is 557 cm³/mol. The standard InChI is InChI=1S/2C21H32O4.C19H28O4.C14H20O2.C10H16.3C9H14.C8H12O2/c1-15-5-9-17(10-6-15)19(22)24-13-21(3,4)14-25-20(23)18-11-7-16(2)8-12-18;1-15-7-5-9-17(11-15)19(22)24-13-21(3,4)14-25-20(23)18-10-6-8-16(2)12-18;1-19(2,13-22-17(20)15-9-5-3-6-10-15)14-23-18(21)16-11-7-4-8-12-16;15-14(13-9-5-2-6-10-13)16-11-12-7-3-1-4-8-12;1-8(2)10-6-4-5-9(3)7-10;1-3-9-6-4-8(2)5-7-9;1-3-9-6-4-5-8(2)7-9;1-2-6-9-7-4-3-5-8-9;1-10-8(9)7-5-3-2-4-6-7/h5,7,17-18H,6,8-14H2,1-4H3;7-8,17-18H,5-6,9-14H2,1-4H3;3-5,7,15-16H,6,8-14H2,1-2H3;1-3,5,12-13H,4,6-11H2;5,10H,1,4,6-7H2,2-3H3;3-4,9H,1,5-7H2,2H3;3,5,9H,1,4,6-7H2,2H3;2-4,9H,1,5-8H2;2-3,7H,4-6H2,1H3. The van der Waals surface area contributed by atoms with Crippen LogP contribution < -0.4 is 0 Å². The van der Waals surface area contributed by atoms with E-state index in [9.17, 15) is 38.4 Å². The summed E-state index contributed by atoms with van der Waals surface area (Å²) >= 11 is 0. The van der Waals surface area contributed by atoms with E-state index in [1.807, 2.05) is 65.8 Å². The molecule has 16 nitrogen and oxygen atoms in total. The zero-order valence-electron chi connectivity index (χ0n) is 87.3. The number of carbonyl (C=O) groups is 8. The molecule has 16 heteroatoms. The van der Waals surface area contributed by atoms with Crippen LogP contribution in [0.3, 0.4) is 0 Å². The fourth-order valence-corrected chi connectivity index (χ4v) is 18.3. The van der Waals surface area contributed by atoms with Gasteiger partial charge in [0.05, 0.1) is 101 Å². The minimum atomic E-state index is -0.371. The Morgan fingerprint density at radius 3 is 0.853 bits per heavy atom. The lowest BCUT2D eigenvalue weighted by Crippen LogP contribution is -2.32. The van der Waals surface area contributed by atoms with Gasteiger partial charge in [0.1, 0.15) is 0 Å². The smallest absolute Gasteiger partial charge is 0.309 e. The molecule has 0 bridgehead atoms. The predicted octanol–water partition coefficient (Wildman–Crippen LogP) is 29.8.